The molecule has 0 aromatic heterocycles. The largest absolute Gasteiger partial charge is 0.299 e. The fourth-order valence-electron chi connectivity index (χ4n) is 1.92. The molecular weight excluding hydrogens is 262 g/mol. The van der Waals surface area contributed by atoms with Crippen LogP contribution in [0.5, 0.6) is 0 Å². The van der Waals surface area contributed by atoms with Gasteiger partial charge in [0.25, 0.3) is 11.6 Å². The average Bonchev–Trinajstić information content (AvgIpc) is 2.45. The minimum absolute atomic E-state index is 0.0780. The first kappa shape index (κ1) is 13.9. The Labute approximate surface area is 114 Å². The van der Waals surface area contributed by atoms with Gasteiger partial charge in [-0.2, -0.15) is 5.10 Å². The van der Waals surface area contributed by atoms with Gasteiger partial charge < -0.3 is 0 Å². The zero-order valence-corrected chi connectivity index (χ0v) is 10.7. The Morgan fingerprint density at radius 2 is 1.95 bits per heavy atom. The molecule has 1 aromatic carbocycles. The highest BCUT2D eigenvalue weighted by atomic mass is 16.6. The number of carbonyl (C=O) groups excluding carboxylic acids is 2. The minimum atomic E-state index is -0.532. The van der Waals surface area contributed by atoms with Crippen molar-refractivity contribution < 1.29 is 14.5 Å². The zero-order chi connectivity index (χ0) is 14.5. The Kier molecular flexibility index (Phi) is 4.19. The number of rotatable bonds is 3. The van der Waals surface area contributed by atoms with Crippen molar-refractivity contribution in [2.75, 3.05) is 0 Å². The predicted molar refractivity (Wildman–Crippen MR) is 71.5 cm³/mol. The van der Waals surface area contributed by atoms with E-state index in [1.165, 1.54) is 24.3 Å². The third-order valence-electron chi connectivity index (χ3n) is 2.98. The highest BCUT2D eigenvalue weighted by Gasteiger charge is 2.15. The van der Waals surface area contributed by atoms with Crippen molar-refractivity contribution in [1.29, 1.82) is 0 Å². The van der Waals surface area contributed by atoms with Crippen LogP contribution in [0.1, 0.15) is 36.0 Å². The van der Waals surface area contributed by atoms with Crippen molar-refractivity contribution in [3.63, 3.8) is 0 Å². The van der Waals surface area contributed by atoms with E-state index >= 15 is 0 Å². The molecule has 0 saturated heterocycles. The molecule has 1 amide bonds. The lowest BCUT2D eigenvalue weighted by molar-refractivity contribution is -0.384. The van der Waals surface area contributed by atoms with Crippen LogP contribution in [0.15, 0.2) is 29.4 Å². The molecule has 1 saturated carbocycles. The van der Waals surface area contributed by atoms with Gasteiger partial charge in [0.2, 0.25) is 0 Å². The fourth-order valence-corrected chi connectivity index (χ4v) is 1.92. The molecule has 1 aliphatic rings. The fraction of sp³-hybridized carbons (Fsp3) is 0.308. The van der Waals surface area contributed by atoms with E-state index in [-0.39, 0.29) is 23.5 Å². The smallest absolute Gasteiger partial charge is 0.271 e. The third kappa shape index (κ3) is 3.47. The molecule has 1 aromatic rings. The molecule has 0 atom stereocenters. The van der Waals surface area contributed by atoms with E-state index in [0.29, 0.717) is 18.6 Å². The van der Waals surface area contributed by atoms with Crippen LogP contribution in [0, 0.1) is 10.1 Å². The summed E-state index contributed by atoms with van der Waals surface area (Å²) < 4.78 is 0. The SMILES string of the molecule is O=C1CCC/C(=N\NC(=O)c2ccc([N+](=O)[O-])cc2)C1. The van der Waals surface area contributed by atoms with Crippen LogP contribution in [-0.2, 0) is 4.79 Å². The summed E-state index contributed by atoms with van der Waals surface area (Å²) in [4.78, 5) is 33.0. The first-order valence-electron chi connectivity index (χ1n) is 6.18. The van der Waals surface area contributed by atoms with Crippen molar-refractivity contribution in [2.45, 2.75) is 25.7 Å². The average molecular weight is 275 g/mol. The summed E-state index contributed by atoms with van der Waals surface area (Å²) in [6.07, 6.45) is 2.30. The summed E-state index contributed by atoms with van der Waals surface area (Å²) in [6.45, 7) is 0. The normalized spacial score (nSPS) is 17.0. The molecule has 0 spiro atoms. The van der Waals surface area contributed by atoms with Crippen LogP contribution < -0.4 is 5.43 Å². The number of ketones is 1. The van der Waals surface area contributed by atoms with Gasteiger partial charge >= 0.3 is 0 Å². The number of nitrogens with zero attached hydrogens (tertiary/aromatic N) is 2. The Morgan fingerprint density at radius 1 is 1.25 bits per heavy atom. The van der Waals surface area contributed by atoms with Gasteiger partial charge in [-0.15, -0.1) is 0 Å². The maximum absolute atomic E-state index is 11.8. The Morgan fingerprint density at radius 3 is 2.55 bits per heavy atom. The van der Waals surface area contributed by atoms with E-state index in [4.69, 9.17) is 0 Å². The lowest BCUT2D eigenvalue weighted by Gasteiger charge is -2.11. The Balaban J connectivity index is 1.99. The molecule has 2 rings (SSSR count). The number of benzene rings is 1. The van der Waals surface area contributed by atoms with Gasteiger partial charge in [-0.1, -0.05) is 0 Å². The Bertz CT molecular complexity index is 578. The van der Waals surface area contributed by atoms with Gasteiger partial charge in [0, 0.05) is 36.2 Å². The second-order valence-corrected chi connectivity index (χ2v) is 4.49. The Hall–Kier alpha value is -2.57. The van der Waals surface area contributed by atoms with Crippen LogP contribution >= 0.6 is 0 Å². The summed E-state index contributed by atoms with van der Waals surface area (Å²) >= 11 is 0. The summed E-state index contributed by atoms with van der Waals surface area (Å²) in [5.74, 6) is -0.329. The number of carbonyl (C=O) groups is 2. The topological polar surface area (TPSA) is 102 Å². The van der Waals surface area contributed by atoms with Crippen molar-refractivity contribution in [3.8, 4) is 0 Å². The molecule has 0 aliphatic heterocycles. The molecule has 7 heteroatoms. The van der Waals surface area contributed by atoms with Gasteiger partial charge in [0.15, 0.2) is 0 Å². The lowest BCUT2D eigenvalue weighted by atomic mass is 9.97. The molecular formula is C13H13N3O4. The van der Waals surface area contributed by atoms with E-state index in [0.717, 1.165) is 6.42 Å². The molecule has 1 aliphatic carbocycles. The summed E-state index contributed by atoms with van der Waals surface area (Å²) in [5.41, 5.74) is 3.23. The number of hydrazone groups is 1. The van der Waals surface area contributed by atoms with Gasteiger partial charge in [-0.05, 0) is 25.0 Å². The molecule has 1 fully saturated rings. The van der Waals surface area contributed by atoms with Crippen LogP contribution in [-0.4, -0.2) is 22.3 Å². The van der Waals surface area contributed by atoms with Crippen molar-refractivity contribution in [1.82, 2.24) is 5.43 Å². The van der Waals surface area contributed by atoms with Crippen molar-refractivity contribution >= 4 is 23.1 Å². The molecule has 7 nitrogen and oxygen atoms in total. The van der Waals surface area contributed by atoms with Gasteiger partial charge in [0.1, 0.15) is 5.78 Å². The molecule has 1 N–H and O–H groups in total. The zero-order valence-electron chi connectivity index (χ0n) is 10.7. The number of hydrogen-bond donors (Lipinski definition) is 1. The van der Waals surface area contributed by atoms with Gasteiger partial charge in [0.05, 0.1) is 4.92 Å². The summed E-state index contributed by atoms with van der Waals surface area (Å²) in [7, 11) is 0. The number of nitro benzene ring substituents is 1. The molecule has 0 heterocycles. The maximum atomic E-state index is 11.8. The number of non-ortho nitro benzene ring substituents is 1. The number of amides is 1. The van der Waals surface area contributed by atoms with Crippen LogP contribution in [0.2, 0.25) is 0 Å². The second-order valence-electron chi connectivity index (χ2n) is 4.49. The van der Waals surface area contributed by atoms with Crippen LogP contribution in [0.3, 0.4) is 0 Å². The molecule has 20 heavy (non-hydrogen) atoms. The summed E-state index contributed by atoms with van der Waals surface area (Å²) in [5, 5.41) is 14.4. The number of nitrogens with one attached hydrogen (secondary N) is 1. The predicted octanol–water partition coefficient (Wildman–Crippen LogP) is 1.82. The second kappa shape index (κ2) is 6.05. The van der Waals surface area contributed by atoms with Gasteiger partial charge in [-0.25, -0.2) is 5.43 Å². The summed E-state index contributed by atoms with van der Waals surface area (Å²) in [6, 6.07) is 5.23. The first-order valence-corrected chi connectivity index (χ1v) is 6.18. The minimum Gasteiger partial charge on any atom is -0.299 e. The molecule has 104 valence electrons. The maximum Gasteiger partial charge on any atom is 0.271 e. The number of nitro groups is 1. The van der Waals surface area contributed by atoms with Crippen LogP contribution in [0.4, 0.5) is 5.69 Å². The highest BCUT2D eigenvalue weighted by Crippen LogP contribution is 2.13. The monoisotopic (exact) mass is 275 g/mol. The number of hydrogen-bond acceptors (Lipinski definition) is 5. The molecule has 0 unspecified atom stereocenters. The van der Waals surface area contributed by atoms with E-state index in [2.05, 4.69) is 10.5 Å². The van der Waals surface area contributed by atoms with Crippen molar-refractivity contribution in [2.24, 2.45) is 5.10 Å². The highest BCUT2D eigenvalue weighted by molar-refractivity contribution is 6.04. The quantitative estimate of drug-likeness (QED) is 0.671. The van der Waals surface area contributed by atoms with E-state index < -0.39 is 10.8 Å². The molecule has 0 bridgehead atoms. The van der Waals surface area contributed by atoms with Gasteiger partial charge in [-0.3, -0.25) is 19.7 Å². The lowest BCUT2D eigenvalue weighted by Crippen LogP contribution is -2.22. The first-order chi connectivity index (χ1) is 9.56. The van der Waals surface area contributed by atoms with Crippen LogP contribution in [0.25, 0.3) is 0 Å². The third-order valence-corrected chi connectivity index (χ3v) is 2.98. The number of Topliss-reactive ketones (excluding diaryl/α,β-unsaturated/α-hetero) is 1. The molecule has 0 radical (unpaired) electrons. The van der Waals surface area contributed by atoms with E-state index in [1.807, 2.05) is 0 Å². The van der Waals surface area contributed by atoms with E-state index in [9.17, 15) is 19.7 Å². The standard InChI is InChI=1S/C13H13N3O4/c17-12-3-1-2-10(8-12)14-15-13(18)9-4-6-11(7-5-9)16(19)20/h4-7H,1-3,8H2,(H,15,18)/b14-10+. The van der Waals surface area contributed by atoms with E-state index in [1.54, 1.807) is 0 Å². The van der Waals surface area contributed by atoms with Crippen molar-refractivity contribution in [3.05, 3.63) is 39.9 Å².